The van der Waals surface area contributed by atoms with Gasteiger partial charge in [0.25, 0.3) is 0 Å². The highest BCUT2D eigenvalue weighted by atomic mass is 79.9. The number of nitrogens with zero attached hydrogens (tertiary/aromatic N) is 2. The van der Waals surface area contributed by atoms with E-state index in [9.17, 15) is 0 Å². The predicted octanol–water partition coefficient (Wildman–Crippen LogP) is 3.94. The number of imidazole rings is 1. The summed E-state index contributed by atoms with van der Waals surface area (Å²) in [6.07, 6.45) is 0.977. The van der Waals surface area contributed by atoms with Gasteiger partial charge >= 0.3 is 0 Å². The number of rotatable bonds is 2. The van der Waals surface area contributed by atoms with Crippen LogP contribution in [0.2, 0.25) is 0 Å². The van der Waals surface area contributed by atoms with Crippen LogP contribution in [0.15, 0.2) is 22.7 Å². The standard InChI is InChI=1S/C12H15BrN2/c1-4-12-14-10-6-5-9(13)7-11(10)15(12)8(2)3/h5-8H,4H2,1-3H3. The lowest BCUT2D eigenvalue weighted by molar-refractivity contribution is 0.588. The normalized spacial score (nSPS) is 11.5. The van der Waals surface area contributed by atoms with Gasteiger partial charge < -0.3 is 4.57 Å². The molecule has 1 aromatic heterocycles. The Morgan fingerprint density at radius 1 is 1.40 bits per heavy atom. The minimum absolute atomic E-state index is 0.458. The summed E-state index contributed by atoms with van der Waals surface area (Å²) >= 11 is 3.51. The monoisotopic (exact) mass is 266 g/mol. The molecule has 0 radical (unpaired) electrons. The number of aromatic nitrogens is 2. The highest BCUT2D eigenvalue weighted by molar-refractivity contribution is 9.10. The van der Waals surface area contributed by atoms with Gasteiger partial charge in [-0.15, -0.1) is 0 Å². The molecule has 2 nitrogen and oxygen atoms in total. The first-order valence-corrected chi connectivity index (χ1v) is 6.09. The number of benzene rings is 1. The van der Waals surface area contributed by atoms with E-state index >= 15 is 0 Å². The van der Waals surface area contributed by atoms with E-state index in [2.05, 4.69) is 58.4 Å². The highest BCUT2D eigenvalue weighted by Crippen LogP contribution is 2.24. The third kappa shape index (κ3) is 1.81. The van der Waals surface area contributed by atoms with Gasteiger partial charge in [-0.05, 0) is 32.0 Å². The van der Waals surface area contributed by atoms with E-state index in [1.807, 2.05) is 6.07 Å². The Kier molecular flexibility index (Phi) is 2.83. The van der Waals surface area contributed by atoms with Gasteiger partial charge in [0.2, 0.25) is 0 Å². The van der Waals surface area contributed by atoms with E-state index in [1.54, 1.807) is 0 Å². The Labute approximate surface area is 98.4 Å². The van der Waals surface area contributed by atoms with Crippen molar-refractivity contribution in [2.75, 3.05) is 0 Å². The maximum absolute atomic E-state index is 4.64. The average molecular weight is 267 g/mol. The molecule has 0 N–H and O–H groups in total. The van der Waals surface area contributed by atoms with E-state index in [0.29, 0.717) is 6.04 Å². The summed E-state index contributed by atoms with van der Waals surface area (Å²) in [6, 6.07) is 6.71. The molecule has 0 atom stereocenters. The van der Waals surface area contributed by atoms with Crippen LogP contribution in [0, 0.1) is 0 Å². The quantitative estimate of drug-likeness (QED) is 0.805. The second-order valence-corrected chi connectivity index (χ2v) is 4.89. The fourth-order valence-electron chi connectivity index (χ4n) is 1.94. The van der Waals surface area contributed by atoms with Crippen LogP contribution in [-0.2, 0) is 6.42 Å². The van der Waals surface area contributed by atoms with Crippen molar-refractivity contribution in [3.8, 4) is 0 Å². The first-order chi connectivity index (χ1) is 7.13. The van der Waals surface area contributed by atoms with E-state index in [0.717, 1.165) is 22.2 Å². The predicted molar refractivity (Wildman–Crippen MR) is 67.2 cm³/mol. The first-order valence-electron chi connectivity index (χ1n) is 5.30. The molecule has 0 unspecified atom stereocenters. The zero-order valence-corrected chi connectivity index (χ0v) is 10.9. The van der Waals surface area contributed by atoms with Crippen molar-refractivity contribution in [1.82, 2.24) is 9.55 Å². The lowest BCUT2D eigenvalue weighted by Crippen LogP contribution is -2.05. The molecule has 2 aromatic rings. The van der Waals surface area contributed by atoms with E-state index in [-0.39, 0.29) is 0 Å². The van der Waals surface area contributed by atoms with Crippen LogP contribution in [0.3, 0.4) is 0 Å². The van der Waals surface area contributed by atoms with Crippen LogP contribution in [0.1, 0.15) is 32.6 Å². The summed E-state index contributed by atoms with van der Waals surface area (Å²) in [6.45, 7) is 6.54. The fourth-order valence-corrected chi connectivity index (χ4v) is 2.29. The van der Waals surface area contributed by atoms with Gasteiger partial charge in [0.05, 0.1) is 11.0 Å². The molecule has 80 valence electrons. The summed E-state index contributed by atoms with van der Waals surface area (Å²) < 4.78 is 3.42. The van der Waals surface area contributed by atoms with Gasteiger partial charge in [0, 0.05) is 16.9 Å². The Balaban J connectivity index is 2.76. The van der Waals surface area contributed by atoms with Crippen LogP contribution in [0.4, 0.5) is 0 Å². The second kappa shape index (κ2) is 3.97. The Morgan fingerprint density at radius 3 is 2.73 bits per heavy atom. The molecule has 0 fully saturated rings. The average Bonchev–Trinajstić information content (AvgIpc) is 2.55. The van der Waals surface area contributed by atoms with Gasteiger partial charge in [-0.25, -0.2) is 4.98 Å². The van der Waals surface area contributed by atoms with Crippen molar-refractivity contribution in [2.45, 2.75) is 33.2 Å². The number of fused-ring (bicyclic) bond motifs is 1. The molecule has 1 heterocycles. The summed E-state index contributed by atoms with van der Waals surface area (Å²) in [5.74, 6) is 1.16. The second-order valence-electron chi connectivity index (χ2n) is 3.98. The van der Waals surface area contributed by atoms with Gasteiger partial charge in [0.15, 0.2) is 0 Å². The van der Waals surface area contributed by atoms with Crippen LogP contribution in [-0.4, -0.2) is 9.55 Å². The molecular weight excluding hydrogens is 252 g/mol. The number of hydrogen-bond acceptors (Lipinski definition) is 1. The summed E-state index contributed by atoms with van der Waals surface area (Å²) in [5, 5.41) is 0. The lowest BCUT2D eigenvalue weighted by Gasteiger charge is -2.11. The molecule has 15 heavy (non-hydrogen) atoms. The maximum atomic E-state index is 4.64. The SMILES string of the molecule is CCc1nc2ccc(Br)cc2n1C(C)C. The highest BCUT2D eigenvalue weighted by Gasteiger charge is 2.11. The molecule has 0 spiro atoms. The van der Waals surface area contributed by atoms with Crippen molar-refractivity contribution in [3.05, 3.63) is 28.5 Å². The molecular formula is C12H15BrN2. The van der Waals surface area contributed by atoms with Crippen LogP contribution in [0.5, 0.6) is 0 Å². The van der Waals surface area contributed by atoms with Gasteiger partial charge in [-0.1, -0.05) is 22.9 Å². The molecule has 0 saturated carbocycles. The molecule has 0 aliphatic rings. The third-order valence-corrected chi connectivity index (χ3v) is 3.05. The van der Waals surface area contributed by atoms with Gasteiger partial charge in [-0.2, -0.15) is 0 Å². The summed E-state index contributed by atoms with van der Waals surface area (Å²) in [5.41, 5.74) is 2.31. The Bertz CT molecular complexity index is 486. The summed E-state index contributed by atoms with van der Waals surface area (Å²) in [7, 11) is 0. The molecule has 3 heteroatoms. The largest absolute Gasteiger partial charge is 0.325 e. The van der Waals surface area contributed by atoms with Crippen molar-refractivity contribution in [2.24, 2.45) is 0 Å². The van der Waals surface area contributed by atoms with Crippen molar-refractivity contribution in [1.29, 1.82) is 0 Å². The molecule has 0 saturated heterocycles. The van der Waals surface area contributed by atoms with Crippen molar-refractivity contribution >= 4 is 27.0 Å². The van der Waals surface area contributed by atoms with Crippen molar-refractivity contribution < 1.29 is 0 Å². The van der Waals surface area contributed by atoms with Crippen molar-refractivity contribution in [3.63, 3.8) is 0 Å². The van der Waals surface area contributed by atoms with E-state index < -0.39 is 0 Å². The Morgan fingerprint density at radius 2 is 2.13 bits per heavy atom. The molecule has 2 rings (SSSR count). The third-order valence-electron chi connectivity index (χ3n) is 2.56. The zero-order chi connectivity index (χ0) is 11.0. The van der Waals surface area contributed by atoms with Crippen LogP contribution in [0.25, 0.3) is 11.0 Å². The number of halogens is 1. The van der Waals surface area contributed by atoms with Crippen LogP contribution >= 0.6 is 15.9 Å². The molecule has 0 aliphatic heterocycles. The van der Waals surface area contributed by atoms with Gasteiger partial charge in [-0.3, -0.25) is 0 Å². The minimum Gasteiger partial charge on any atom is -0.325 e. The Hall–Kier alpha value is -0.830. The number of hydrogen-bond donors (Lipinski definition) is 0. The first kappa shape index (κ1) is 10.7. The minimum atomic E-state index is 0.458. The van der Waals surface area contributed by atoms with Crippen LogP contribution < -0.4 is 0 Å². The smallest absolute Gasteiger partial charge is 0.109 e. The molecule has 1 aromatic carbocycles. The maximum Gasteiger partial charge on any atom is 0.109 e. The lowest BCUT2D eigenvalue weighted by atomic mass is 10.3. The topological polar surface area (TPSA) is 17.8 Å². The summed E-state index contributed by atoms with van der Waals surface area (Å²) in [4.78, 5) is 4.64. The zero-order valence-electron chi connectivity index (χ0n) is 9.29. The molecule has 0 bridgehead atoms. The fraction of sp³-hybridized carbons (Fsp3) is 0.417. The molecule has 0 amide bonds. The number of aryl methyl sites for hydroxylation is 1. The van der Waals surface area contributed by atoms with E-state index in [1.165, 1.54) is 5.52 Å². The van der Waals surface area contributed by atoms with Gasteiger partial charge in [0.1, 0.15) is 5.82 Å². The molecule has 0 aliphatic carbocycles. The van der Waals surface area contributed by atoms with E-state index in [4.69, 9.17) is 0 Å².